The molecule has 0 radical (unpaired) electrons. The maximum atomic E-state index is 5.83. The van der Waals surface area contributed by atoms with Crippen LogP contribution in [0.3, 0.4) is 0 Å². The predicted octanol–water partition coefficient (Wildman–Crippen LogP) is 1.57. The minimum atomic E-state index is -0.0215. The maximum absolute atomic E-state index is 5.83. The van der Waals surface area contributed by atoms with Crippen molar-refractivity contribution < 1.29 is 14.2 Å². The molecule has 0 saturated carbocycles. The molecule has 2 rings (SSSR count). The first-order chi connectivity index (χ1) is 8.67. The highest BCUT2D eigenvalue weighted by molar-refractivity contribution is 5.46. The second-order valence-electron chi connectivity index (χ2n) is 4.85. The van der Waals surface area contributed by atoms with Crippen LogP contribution in [0.25, 0.3) is 0 Å². The Bertz CT molecular complexity index is 416. The van der Waals surface area contributed by atoms with E-state index in [4.69, 9.17) is 19.9 Å². The summed E-state index contributed by atoms with van der Waals surface area (Å²) in [7, 11) is 3.33. The molecule has 1 atom stereocenters. The molecule has 1 aromatic rings. The van der Waals surface area contributed by atoms with Gasteiger partial charge in [0.2, 0.25) is 0 Å². The first-order valence-corrected chi connectivity index (χ1v) is 6.18. The lowest BCUT2D eigenvalue weighted by atomic mass is 9.69. The van der Waals surface area contributed by atoms with Gasteiger partial charge >= 0.3 is 0 Å². The normalized spacial score (nSPS) is 18.9. The summed E-state index contributed by atoms with van der Waals surface area (Å²) >= 11 is 0. The van der Waals surface area contributed by atoms with Gasteiger partial charge in [-0.15, -0.1) is 0 Å². The van der Waals surface area contributed by atoms with Crippen LogP contribution in [0, 0.1) is 5.92 Å². The summed E-state index contributed by atoms with van der Waals surface area (Å²) in [4.78, 5) is 0. The molecule has 1 saturated heterocycles. The van der Waals surface area contributed by atoms with Gasteiger partial charge in [0, 0.05) is 17.0 Å². The Hall–Kier alpha value is -1.26. The number of ether oxygens (including phenoxy) is 3. The molecule has 0 aromatic heterocycles. The molecule has 0 aliphatic carbocycles. The molecule has 0 spiro atoms. The van der Waals surface area contributed by atoms with Crippen LogP contribution in [0.15, 0.2) is 18.2 Å². The minimum Gasteiger partial charge on any atom is -0.497 e. The predicted molar refractivity (Wildman–Crippen MR) is 70.3 cm³/mol. The van der Waals surface area contributed by atoms with Crippen LogP contribution in [0.1, 0.15) is 12.5 Å². The van der Waals surface area contributed by atoms with E-state index in [1.54, 1.807) is 14.2 Å². The molecule has 2 N–H and O–H groups in total. The lowest BCUT2D eigenvalue weighted by molar-refractivity contribution is -0.0862. The largest absolute Gasteiger partial charge is 0.497 e. The Balaban J connectivity index is 2.42. The molecular formula is C14H21NO3. The number of benzene rings is 1. The molecule has 100 valence electrons. The fourth-order valence-electron chi connectivity index (χ4n) is 2.46. The van der Waals surface area contributed by atoms with Crippen molar-refractivity contribution in [3.05, 3.63) is 23.8 Å². The topological polar surface area (TPSA) is 53.7 Å². The van der Waals surface area contributed by atoms with Crippen LogP contribution < -0.4 is 15.2 Å². The van der Waals surface area contributed by atoms with Crippen molar-refractivity contribution in [1.29, 1.82) is 0 Å². The number of hydrogen-bond donors (Lipinski definition) is 1. The van der Waals surface area contributed by atoms with E-state index in [0.29, 0.717) is 25.7 Å². The number of rotatable bonds is 5. The second kappa shape index (κ2) is 5.16. The highest BCUT2D eigenvalue weighted by Crippen LogP contribution is 2.44. The van der Waals surface area contributed by atoms with Crippen LogP contribution in [0.5, 0.6) is 11.5 Å². The molecule has 4 heteroatoms. The van der Waals surface area contributed by atoms with E-state index in [1.807, 2.05) is 12.1 Å². The molecule has 1 unspecified atom stereocenters. The Labute approximate surface area is 108 Å². The van der Waals surface area contributed by atoms with Crippen molar-refractivity contribution in [1.82, 2.24) is 0 Å². The summed E-state index contributed by atoms with van der Waals surface area (Å²) in [5.41, 5.74) is 6.97. The standard InChI is InChI=1S/C14H21NO3/c1-10(7-15)14(8-18-9-14)12-5-4-11(16-2)6-13(12)17-3/h4-6,10H,7-9,15H2,1-3H3. The van der Waals surface area contributed by atoms with E-state index in [9.17, 15) is 0 Å². The van der Waals surface area contributed by atoms with Gasteiger partial charge in [-0.05, 0) is 18.5 Å². The zero-order valence-corrected chi connectivity index (χ0v) is 11.2. The summed E-state index contributed by atoms with van der Waals surface area (Å²) in [6.45, 7) is 4.20. The summed E-state index contributed by atoms with van der Waals surface area (Å²) in [6, 6.07) is 5.94. The van der Waals surface area contributed by atoms with Gasteiger partial charge in [-0.1, -0.05) is 13.0 Å². The summed E-state index contributed by atoms with van der Waals surface area (Å²) in [5.74, 6) is 2.00. The molecule has 4 nitrogen and oxygen atoms in total. The van der Waals surface area contributed by atoms with E-state index in [2.05, 4.69) is 13.0 Å². The van der Waals surface area contributed by atoms with Crippen molar-refractivity contribution in [2.45, 2.75) is 12.3 Å². The number of methoxy groups -OCH3 is 2. The van der Waals surface area contributed by atoms with Crippen molar-refractivity contribution in [2.24, 2.45) is 11.7 Å². The van der Waals surface area contributed by atoms with Gasteiger partial charge in [-0.25, -0.2) is 0 Å². The molecule has 0 bridgehead atoms. The average Bonchev–Trinajstić information content (AvgIpc) is 2.37. The fraction of sp³-hybridized carbons (Fsp3) is 0.571. The van der Waals surface area contributed by atoms with Gasteiger partial charge in [-0.2, -0.15) is 0 Å². The highest BCUT2D eigenvalue weighted by Gasteiger charge is 2.46. The molecule has 0 amide bonds. The molecule has 1 fully saturated rings. The van der Waals surface area contributed by atoms with Crippen LogP contribution in [-0.2, 0) is 10.2 Å². The summed E-state index contributed by atoms with van der Waals surface area (Å²) in [6.07, 6.45) is 0. The van der Waals surface area contributed by atoms with E-state index < -0.39 is 0 Å². The highest BCUT2D eigenvalue weighted by atomic mass is 16.5. The average molecular weight is 251 g/mol. The fourth-order valence-corrected chi connectivity index (χ4v) is 2.46. The summed E-state index contributed by atoms with van der Waals surface area (Å²) < 4.78 is 16.1. The number of hydrogen-bond acceptors (Lipinski definition) is 4. The van der Waals surface area contributed by atoms with Crippen LogP contribution in [-0.4, -0.2) is 34.0 Å². The molecule has 1 aliphatic rings. The van der Waals surface area contributed by atoms with E-state index in [-0.39, 0.29) is 5.41 Å². The monoisotopic (exact) mass is 251 g/mol. The molecule has 18 heavy (non-hydrogen) atoms. The first kappa shape index (κ1) is 13.2. The van der Waals surface area contributed by atoms with Gasteiger partial charge in [0.15, 0.2) is 0 Å². The summed E-state index contributed by atoms with van der Waals surface area (Å²) in [5, 5.41) is 0. The quantitative estimate of drug-likeness (QED) is 0.863. The lowest BCUT2D eigenvalue weighted by Gasteiger charge is -2.46. The SMILES string of the molecule is COc1ccc(C2(C(C)CN)COC2)c(OC)c1. The van der Waals surface area contributed by atoms with Crippen molar-refractivity contribution in [2.75, 3.05) is 34.0 Å². The van der Waals surface area contributed by atoms with Crippen molar-refractivity contribution in [3.63, 3.8) is 0 Å². The van der Waals surface area contributed by atoms with Crippen molar-refractivity contribution in [3.8, 4) is 11.5 Å². The van der Waals surface area contributed by atoms with Crippen LogP contribution >= 0.6 is 0 Å². The Morgan fingerprint density at radius 1 is 1.33 bits per heavy atom. The third-order valence-corrected chi connectivity index (χ3v) is 3.96. The molecule has 1 heterocycles. The van der Waals surface area contributed by atoms with Gasteiger partial charge < -0.3 is 19.9 Å². The molecule has 1 aromatic carbocycles. The Kier molecular flexibility index (Phi) is 3.78. The van der Waals surface area contributed by atoms with E-state index in [1.165, 1.54) is 0 Å². The molecular weight excluding hydrogens is 230 g/mol. The third-order valence-electron chi connectivity index (χ3n) is 3.96. The number of nitrogens with two attached hydrogens (primary N) is 1. The minimum absolute atomic E-state index is 0.0215. The van der Waals surface area contributed by atoms with E-state index in [0.717, 1.165) is 17.1 Å². The smallest absolute Gasteiger partial charge is 0.126 e. The Morgan fingerprint density at radius 2 is 2.06 bits per heavy atom. The van der Waals surface area contributed by atoms with E-state index >= 15 is 0 Å². The van der Waals surface area contributed by atoms with Gasteiger partial charge in [0.1, 0.15) is 11.5 Å². The van der Waals surface area contributed by atoms with Crippen molar-refractivity contribution >= 4 is 0 Å². The van der Waals surface area contributed by atoms with Crippen LogP contribution in [0.2, 0.25) is 0 Å². The van der Waals surface area contributed by atoms with Gasteiger partial charge in [0.05, 0.1) is 27.4 Å². The maximum Gasteiger partial charge on any atom is 0.126 e. The Morgan fingerprint density at radius 3 is 2.50 bits per heavy atom. The first-order valence-electron chi connectivity index (χ1n) is 6.18. The van der Waals surface area contributed by atoms with Crippen LogP contribution in [0.4, 0.5) is 0 Å². The second-order valence-corrected chi connectivity index (χ2v) is 4.85. The lowest BCUT2D eigenvalue weighted by Crippen LogP contribution is -2.53. The van der Waals surface area contributed by atoms with Gasteiger partial charge in [-0.3, -0.25) is 0 Å². The zero-order chi connectivity index (χ0) is 13.2. The molecule has 1 aliphatic heterocycles. The third kappa shape index (κ3) is 1.95. The zero-order valence-electron chi connectivity index (χ0n) is 11.2. The van der Waals surface area contributed by atoms with Gasteiger partial charge in [0.25, 0.3) is 0 Å².